The van der Waals surface area contributed by atoms with Gasteiger partial charge >= 0.3 is 0 Å². The number of ether oxygens (including phenoxy) is 1. The number of nitrogens with zero attached hydrogens (tertiary/aromatic N) is 2. The summed E-state index contributed by atoms with van der Waals surface area (Å²) < 4.78 is 18.8. The summed E-state index contributed by atoms with van der Waals surface area (Å²) in [6, 6.07) is 12.2. The number of aromatic nitrogens is 1. The van der Waals surface area contributed by atoms with E-state index in [1.54, 1.807) is 12.1 Å². The number of morpholine rings is 1. The third-order valence-electron chi connectivity index (χ3n) is 6.27. The second-order valence-electron chi connectivity index (χ2n) is 8.78. The van der Waals surface area contributed by atoms with Gasteiger partial charge in [-0.3, -0.25) is 9.69 Å². The Morgan fingerprint density at radius 3 is 2.59 bits per heavy atom. The fourth-order valence-electron chi connectivity index (χ4n) is 4.24. The number of halogens is 1. The highest BCUT2D eigenvalue weighted by Gasteiger charge is 2.16. The second-order valence-corrected chi connectivity index (χ2v) is 9.16. The van der Waals surface area contributed by atoms with E-state index in [0.717, 1.165) is 61.3 Å². The summed E-state index contributed by atoms with van der Waals surface area (Å²) in [6.07, 6.45) is 0.898. The highest BCUT2D eigenvalue weighted by Crippen LogP contribution is 2.20. The molecule has 0 bridgehead atoms. The molecule has 0 aliphatic carbocycles. The Balaban J connectivity index is 1.54. The molecule has 1 saturated heterocycles. The predicted molar refractivity (Wildman–Crippen MR) is 139 cm³/mol. The van der Waals surface area contributed by atoms with E-state index in [0.29, 0.717) is 29.5 Å². The Labute approximate surface area is 204 Å². The first kappa shape index (κ1) is 24.3. The Kier molecular flexibility index (Phi) is 7.92. The maximum absolute atomic E-state index is 13.3. The number of nitrogens with one attached hydrogen (secondary N) is 2. The quantitative estimate of drug-likeness (QED) is 0.492. The molecular weight excluding hydrogens is 451 g/mol. The minimum atomic E-state index is -0.299. The molecule has 34 heavy (non-hydrogen) atoms. The number of pyridine rings is 1. The van der Waals surface area contributed by atoms with Crippen LogP contribution < -0.4 is 10.9 Å². The van der Waals surface area contributed by atoms with Crippen LogP contribution in [0.15, 0.2) is 47.3 Å². The first-order valence-electron chi connectivity index (χ1n) is 11.6. The van der Waals surface area contributed by atoms with Gasteiger partial charge in [-0.05, 0) is 73.9 Å². The van der Waals surface area contributed by atoms with Crippen LogP contribution in [0, 0.1) is 19.7 Å². The van der Waals surface area contributed by atoms with Gasteiger partial charge < -0.3 is 19.9 Å². The van der Waals surface area contributed by atoms with Crippen LogP contribution in [0.2, 0.25) is 0 Å². The molecule has 2 aromatic carbocycles. The van der Waals surface area contributed by atoms with Crippen LogP contribution in [0.1, 0.15) is 23.1 Å². The zero-order valence-electron chi connectivity index (χ0n) is 19.7. The fraction of sp³-hybridized carbons (Fsp3) is 0.385. The standard InChI is InChI=1S/C26H31FN4O2S/c1-18-4-5-19(2)24-23(18)16-20(25(32)29-24)17-31(11-3-10-30-12-14-33-15-13-30)26(34)28-22-8-6-21(27)7-9-22/h4-9,16H,3,10-15,17H2,1-2H3,(H,28,34)(H,29,32). The van der Waals surface area contributed by atoms with Crippen LogP contribution in [0.5, 0.6) is 0 Å². The van der Waals surface area contributed by atoms with Gasteiger partial charge in [0.05, 0.1) is 25.3 Å². The molecule has 1 aromatic heterocycles. The number of rotatable bonds is 7. The van der Waals surface area contributed by atoms with E-state index in [1.807, 2.05) is 30.9 Å². The fourth-order valence-corrected chi connectivity index (χ4v) is 4.51. The number of fused-ring (bicyclic) bond motifs is 1. The highest BCUT2D eigenvalue weighted by atomic mass is 32.1. The lowest BCUT2D eigenvalue weighted by Gasteiger charge is -2.29. The zero-order chi connectivity index (χ0) is 24.1. The smallest absolute Gasteiger partial charge is 0.253 e. The van der Waals surface area contributed by atoms with Crippen molar-refractivity contribution >= 4 is 33.9 Å². The molecule has 0 atom stereocenters. The van der Waals surface area contributed by atoms with E-state index in [2.05, 4.69) is 21.3 Å². The van der Waals surface area contributed by atoms with Crippen molar-refractivity contribution in [2.45, 2.75) is 26.8 Å². The number of H-pyrrole nitrogens is 1. The van der Waals surface area contributed by atoms with Gasteiger partial charge in [0.2, 0.25) is 0 Å². The molecule has 1 aliphatic rings. The van der Waals surface area contributed by atoms with Crippen molar-refractivity contribution in [3.8, 4) is 0 Å². The van der Waals surface area contributed by atoms with Crippen molar-refractivity contribution in [2.75, 3.05) is 44.7 Å². The van der Waals surface area contributed by atoms with Gasteiger partial charge in [0.15, 0.2) is 5.11 Å². The molecule has 0 unspecified atom stereocenters. The lowest BCUT2D eigenvalue weighted by atomic mass is 10.0. The molecule has 0 amide bonds. The van der Waals surface area contributed by atoms with E-state index in [1.165, 1.54) is 12.1 Å². The van der Waals surface area contributed by atoms with E-state index in [9.17, 15) is 9.18 Å². The van der Waals surface area contributed by atoms with Crippen molar-refractivity contribution in [1.29, 1.82) is 0 Å². The summed E-state index contributed by atoms with van der Waals surface area (Å²) in [5.74, 6) is -0.299. The van der Waals surface area contributed by atoms with Gasteiger partial charge in [0.1, 0.15) is 5.82 Å². The molecule has 6 nitrogen and oxygen atoms in total. The summed E-state index contributed by atoms with van der Waals surface area (Å²) >= 11 is 5.72. The van der Waals surface area contributed by atoms with Gasteiger partial charge in [-0.2, -0.15) is 0 Å². The Morgan fingerprint density at radius 2 is 1.85 bits per heavy atom. The van der Waals surface area contributed by atoms with Crippen LogP contribution in [0.4, 0.5) is 10.1 Å². The predicted octanol–water partition coefficient (Wildman–Crippen LogP) is 4.21. The molecule has 2 heterocycles. The van der Waals surface area contributed by atoms with Crippen LogP contribution in [-0.2, 0) is 11.3 Å². The SMILES string of the molecule is Cc1ccc(C)c2[nH]c(=O)c(CN(CCCN3CCOCC3)C(=S)Nc3ccc(F)cc3)cc12. The number of aromatic amines is 1. The first-order valence-corrected chi connectivity index (χ1v) is 12.1. The van der Waals surface area contributed by atoms with E-state index >= 15 is 0 Å². The minimum absolute atomic E-state index is 0.107. The molecule has 3 aromatic rings. The number of benzene rings is 2. The molecule has 2 N–H and O–H groups in total. The van der Waals surface area contributed by atoms with Gasteiger partial charge in [-0.1, -0.05) is 12.1 Å². The van der Waals surface area contributed by atoms with Gasteiger partial charge in [0.25, 0.3) is 5.56 Å². The molecule has 0 spiro atoms. The van der Waals surface area contributed by atoms with E-state index < -0.39 is 0 Å². The molecule has 8 heteroatoms. The number of thiocarbonyl (C=S) groups is 1. The van der Waals surface area contributed by atoms with Crippen LogP contribution in [0.25, 0.3) is 10.9 Å². The molecular formula is C26H31FN4O2S. The number of hydrogen-bond donors (Lipinski definition) is 2. The Bertz CT molecular complexity index is 1210. The van der Waals surface area contributed by atoms with Gasteiger partial charge in [0, 0.05) is 42.8 Å². The van der Waals surface area contributed by atoms with Crippen molar-refractivity contribution in [3.63, 3.8) is 0 Å². The van der Waals surface area contributed by atoms with Crippen LogP contribution >= 0.6 is 12.2 Å². The molecule has 180 valence electrons. The third-order valence-corrected chi connectivity index (χ3v) is 6.63. The Hall–Kier alpha value is -2.81. The van der Waals surface area contributed by atoms with Crippen LogP contribution in [-0.4, -0.2) is 59.3 Å². The normalized spacial score (nSPS) is 14.3. The molecule has 0 saturated carbocycles. The molecule has 4 rings (SSSR count). The summed E-state index contributed by atoms with van der Waals surface area (Å²) in [5, 5.41) is 4.75. The van der Waals surface area contributed by atoms with Gasteiger partial charge in [-0.25, -0.2) is 4.39 Å². The highest BCUT2D eigenvalue weighted by molar-refractivity contribution is 7.80. The monoisotopic (exact) mass is 482 g/mol. The topological polar surface area (TPSA) is 60.6 Å². The van der Waals surface area contributed by atoms with Crippen molar-refractivity contribution < 1.29 is 9.13 Å². The second kappa shape index (κ2) is 11.1. The summed E-state index contributed by atoms with van der Waals surface area (Å²) in [6.45, 7) is 9.44. The summed E-state index contributed by atoms with van der Waals surface area (Å²) in [7, 11) is 0. The van der Waals surface area contributed by atoms with Crippen molar-refractivity contribution in [2.24, 2.45) is 0 Å². The van der Waals surface area contributed by atoms with Crippen molar-refractivity contribution in [1.82, 2.24) is 14.8 Å². The lowest BCUT2D eigenvalue weighted by molar-refractivity contribution is 0.0367. The minimum Gasteiger partial charge on any atom is -0.379 e. The molecule has 1 aliphatic heterocycles. The van der Waals surface area contributed by atoms with E-state index in [-0.39, 0.29) is 11.4 Å². The molecule has 1 fully saturated rings. The zero-order valence-corrected chi connectivity index (χ0v) is 20.5. The number of anilines is 1. The lowest BCUT2D eigenvalue weighted by Crippen LogP contribution is -2.40. The van der Waals surface area contributed by atoms with Gasteiger partial charge in [-0.15, -0.1) is 0 Å². The molecule has 0 radical (unpaired) electrons. The van der Waals surface area contributed by atoms with Crippen molar-refractivity contribution in [3.05, 3.63) is 75.3 Å². The van der Waals surface area contributed by atoms with Crippen LogP contribution in [0.3, 0.4) is 0 Å². The largest absolute Gasteiger partial charge is 0.379 e. The summed E-state index contributed by atoms with van der Waals surface area (Å²) in [4.78, 5) is 20.4. The summed E-state index contributed by atoms with van der Waals surface area (Å²) in [5.41, 5.74) is 4.30. The maximum Gasteiger partial charge on any atom is 0.253 e. The Morgan fingerprint density at radius 1 is 1.15 bits per heavy atom. The average molecular weight is 483 g/mol. The van der Waals surface area contributed by atoms with E-state index in [4.69, 9.17) is 17.0 Å². The third kappa shape index (κ3) is 6.00. The number of aryl methyl sites for hydroxylation is 2. The maximum atomic E-state index is 13.3. The number of hydrogen-bond acceptors (Lipinski definition) is 4. The first-order chi connectivity index (χ1) is 16.4. The average Bonchev–Trinajstić information content (AvgIpc) is 2.83.